The van der Waals surface area contributed by atoms with Crippen LogP contribution in [-0.4, -0.2) is 19.9 Å². The number of rotatable bonds is 2. The summed E-state index contributed by atoms with van der Waals surface area (Å²) in [7, 11) is 0. The van der Waals surface area contributed by atoms with Gasteiger partial charge < -0.3 is 4.98 Å². The first-order valence-electron chi connectivity index (χ1n) is 8.12. The van der Waals surface area contributed by atoms with Gasteiger partial charge in [0, 0.05) is 34.3 Å². The Morgan fingerprint density at radius 3 is 2.68 bits per heavy atom. The van der Waals surface area contributed by atoms with Crippen molar-refractivity contribution in [1.29, 1.82) is 0 Å². The van der Waals surface area contributed by atoms with Crippen LogP contribution in [-0.2, 0) is 0 Å². The van der Waals surface area contributed by atoms with Gasteiger partial charge >= 0.3 is 0 Å². The summed E-state index contributed by atoms with van der Waals surface area (Å²) < 4.78 is 0. The van der Waals surface area contributed by atoms with Crippen LogP contribution in [0.15, 0.2) is 79.4 Å². The predicted molar refractivity (Wildman–Crippen MR) is 100 cm³/mol. The lowest BCUT2D eigenvalue weighted by atomic mass is 10.0. The van der Waals surface area contributed by atoms with Crippen LogP contribution < -0.4 is 0 Å². The highest BCUT2D eigenvalue weighted by Crippen LogP contribution is 2.31. The van der Waals surface area contributed by atoms with Crippen LogP contribution >= 0.6 is 0 Å². The largest absolute Gasteiger partial charge is 0.345 e. The molecule has 3 heterocycles. The van der Waals surface area contributed by atoms with E-state index in [1.807, 2.05) is 36.7 Å². The number of aromatic nitrogens is 4. The van der Waals surface area contributed by atoms with E-state index >= 15 is 0 Å². The van der Waals surface area contributed by atoms with Crippen molar-refractivity contribution in [2.75, 3.05) is 0 Å². The molecule has 0 saturated heterocycles. The minimum Gasteiger partial charge on any atom is -0.345 e. The van der Waals surface area contributed by atoms with Gasteiger partial charge in [-0.25, -0.2) is 15.0 Å². The Labute approximate surface area is 144 Å². The molecule has 0 spiro atoms. The number of hydrogen-bond donors (Lipinski definition) is 1. The third kappa shape index (κ3) is 2.35. The van der Waals surface area contributed by atoms with E-state index in [-0.39, 0.29) is 0 Å². The van der Waals surface area contributed by atoms with Crippen molar-refractivity contribution in [3.8, 4) is 22.4 Å². The average Bonchev–Trinajstić information content (AvgIpc) is 3.11. The molecule has 0 amide bonds. The third-order valence-corrected chi connectivity index (χ3v) is 4.42. The second-order valence-corrected chi connectivity index (χ2v) is 5.96. The summed E-state index contributed by atoms with van der Waals surface area (Å²) in [5.74, 6) is 0. The van der Waals surface area contributed by atoms with Crippen molar-refractivity contribution >= 4 is 21.9 Å². The van der Waals surface area contributed by atoms with E-state index in [9.17, 15) is 0 Å². The van der Waals surface area contributed by atoms with Crippen molar-refractivity contribution < 1.29 is 0 Å². The first kappa shape index (κ1) is 13.9. The maximum absolute atomic E-state index is 4.77. The maximum atomic E-state index is 4.77. The highest BCUT2D eigenvalue weighted by molar-refractivity contribution is 5.96. The van der Waals surface area contributed by atoms with Crippen LogP contribution in [0.4, 0.5) is 0 Å². The van der Waals surface area contributed by atoms with Crippen LogP contribution in [0.3, 0.4) is 0 Å². The molecule has 0 saturated carbocycles. The molecule has 0 atom stereocenters. The fraction of sp³-hybridized carbons (Fsp3) is 0. The lowest BCUT2D eigenvalue weighted by Gasteiger charge is -2.03. The smallest absolute Gasteiger partial charge is 0.138 e. The number of nitrogens with one attached hydrogen (secondary N) is 1. The summed E-state index contributed by atoms with van der Waals surface area (Å²) in [5, 5.41) is 2.14. The Bertz CT molecular complexity index is 1190. The Kier molecular flexibility index (Phi) is 3.07. The zero-order chi connectivity index (χ0) is 16.6. The number of pyridine rings is 1. The van der Waals surface area contributed by atoms with Gasteiger partial charge in [0.1, 0.15) is 12.0 Å². The maximum Gasteiger partial charge on any atom is 0.138 e. The standard InChI is InChI=1S/C21H14N4/c1-2-4-14(5-3-1)20-9-7-17-18(12-23-21(17)25-20)15-6-8-19-16(10-15)11-22-13-24-19/h1-13H,(H,23,25). The molecule has 0 radical (unpaired) electrons. The van der Waals surface area contributed by atoms with E-state index in [0.29, 0.717) is 0 Å². The lowest BCUT2D eigenvalue weighted by Crippen LogP contribution is -1.85. The molecule has 0 aliphatic heterocycles. The second kappa shape index (κ2) is 5.53. The number of hydrogen-bond acceptors (Lipinski definition) is 3. The minimum atomic E-state index is 0.890. The number of H-pyrrole nitrogens is 1. The molecule has 2 aromatic carbocycles. The molecule has 0 aliphatic carbocycles. The summed E-state index contributed by atoms with van der Waals surface area (Å²) in [4.78, 5) is 16.5. The number of fused-ring (bicyclic) bond motifs is 2. The highest BCUT2D eigenvalue weighted by atomic mass is 14.9. The fourth-order valence-corrected chi connectivity index (χ4v) is 3.17. The molecule has 0 aliphatic rings. The van der Waals surface area contributed by atoms with Crippen molar-refractivity contribution in [1.82, 2.24) is 19.9 Å². The van der Waals surface area contributed by atoms with Gasteiger partial charge in [-0.15, -0.1) is 0 Å². The topological polar surface area (TPSA) is 54.5 Å². The van der Waals surface area contributed by atoms with Crippen molar-refractivity contribution in [3.05, 3.63) is 79.4 Å². The van der Waals surface area contributed by atoms with E-state index < -0.39 is 0 Å². The van der Waals surface area contributed by atoms with Crippen molar-refractivity contribution in [3.63, 3.8) is 0 Å². The van der Waals surface area contributed by atoms with E-state index in [2.05, 4.69) is 51.4 Å². The van der Waals surface area contributed by atoms with Crippen LogP contribution in [0.5, 0.6) is 0 Å². The number of nitrogens with zero attached hydrogens (tertiary/aromatic N) is 3. The molecule has 1 N–H and O–H groups in total. The quantitative estimate of drug-likeness (QED) is 0.506. The molecule has 5 rings (SSSR count). The van der Waals surface area contributed by atoms with Crippen LogP contribution in [0.2, 0.25) is 0 Å². The Morgan fingerprint density at radius 1 is 0.840 bits per heavy atom. The van der Waals surface area contributed by atoms with Crippen molar-refractivity contribution in [2.24, 2.45) is 0 Å². The van der Waals surface area contributed by atoms with Gasteiger partial charge in [-0.2, -0.15) is 0 Å². The van der Waals surface area contributed by atoms with E-state index in [0.717, 1.165) is 44.3 Å². The molecular formula is C21H14N4. The third-order valence-electron chi connectivity index (χ3n) is 4.42. The SMILES string of the molecule is c1ccc(-c2ccc3c(-c4ccc5ncncc5c4)c[nH]c3n2)cc1. The van der Waals surface area contributed by atoms with Crippen LogP contribution in [0.25, 0.3) is 44.3 Å². The van der Waals surface area contributed by atoms with Crippen LogP contribution in [0.1, 0.15) is 0 Å². The molecule has 118 valence electrons. The molecule has 0 bridgehead atoms. The predicted octanol–water partition coefficient (Wildman–Crippen LogP) is 4.84. The number of aromatic amines is 1. The summed E-state index contributed by atoms with van der Waals surface area (Å²) in [6, 6.07) is 20.6. The number of benzene rings is 2. The Hall–Kier alpha value is -3.53. The van der Waals surface area contributed by atoms with E-state index in [1.165, 1.54) is 0 Å². The first-order chi connectivity index (χ1) is 12.4. The highest BCUT2D eigenvalue weighted by Gasteiger charge is 2.09. The van der Waals surface area contributed by atoms with E-state index in [1.54, 1.807) is 6.33 Å². The lowest BCUT2D eigenvalue weighted by molar-refractivity contribution is 1.22. The van der Waals surface area contributed by atoms with Gasteiger partial charge in [-0.1, -0.05) is 36.4 Å². The van der Waals surface area contributed by atoms with E-state index in [4.69, 9.17) is 4.98 Å². The summed E-state index contributed by atoms with van der Waals surface area (Å²) in [6.45, 7) is 0. The van der Waals surface area contributed by atoms with Gasteiger partial charge in [-0.3, -0.25) is 0 Å². The fourth-order valence-electron chi connectivity index (χ4n) is 3.17. The molecule has 3 aromatic heterocycles. The molecule has 25 heavy (non-hydrogen) atoms. The zero-order valence-electron chi connectivity index (χ0n) is 13.3. The van der Waals surface area contributed by atoms with Crippen LogP contribution in [0, 0.1) is 0 Å². The Balaban J connectivity index is 1.64. The molecular weight excluding hydrogens is 308 g/mol. The van der Waals surface area contributed by atoms with Crippen molar-refractivity contribution in [2.45, 2.75) is 0 Å². The molecule has 4 heteroatoms. The monoisotopic (exact) mass is 322 g/mol. The molecule has 5 aromatic rings. The summed E-state index contributed by atoms with van der Waals surface area (Å²) in [5.41, 5.74) is 6.18. The Morgan fingerprint density at radius 2 is 1.76 bits per heavy atom. The minimum absolute atomic E-state index is 0.890. The van der Waals surface area contributed by atoms with Gasteiger partial charge in [0.25, 0.3) is 0 Å². The second-order valence-electron chi connectivity index (χ2n) is 5.96. The van der Waals surface area contributed by atoms with Gasteiger partial charge in [0.05, 0.1) is 11.2 Å². The zero-order valence-corrected chi connectivity index (χ0v) is 13.3. The van der Waals surface area contributed by atoms with Gasteiger partial charge in [-0.05, 0) is 29.8 Å². The first-order valence-corrected chi connectivity index (χ1v) is 8.12. The van der Waals surface area contributed by atoms with Gasteiger partial charge in [0.15, 0.2) is 0 Å². The summed E-state index contributed by atoms with van der Waals surface area (Å²) >= 11 is 0. The molecule has 0 unspecified atom stereocenters. The average molecular weight is 322 g/mol. The molecule has 4 nitrogen and oxygen atoms in total. The summed E-state index contributed by atoms with van der Waals surface area (Å²) in [6.07, 6.45) is 5.42. The van der Waals surface area contributed by atoms with Gasteiger partial charge in [0.2, 0.25) is 0 Å². The molecule has 0 fully saturated rings. The normalized spacial score (nSPS) is 11.2.